The Labute approximate surface area is 135 Å². The van der Waals surface area contributed by atoms with Crippen LogP contribution in [0.3, 0.4) is 0 Å². The summed E-state index contributed by atoms with van der Waals surface area (Å²) in [7, 11) is 0. The van der Waals surface area contributed by atoms with Gasteiger partial charge in [0.15, 0.2) is 11.5 Å². The highest BCUT2D eigenvalue weighted by Gasteiger charge is 2.42. The summed E-state index contributed by atoms with van der Waals surface area (Å²) in [4.78, 5) is 37.9. The highest BCUT2D eigenvalue weighted by Crippen LogP contribution is 2.42. The number of hydrogen-bond acceptors (Lipinski definition) is 7. The largest absolute Gasteiger partial charge is 0.505 e. The zero-order chi connectivity index (χ0) is 16.8. The summed E-state index contributed by atoms with van der Waals surface area (Å²) in [5.74, 6) is -2.29. The average molecular weight is 322 g/mol. The topological polar surface area (TPSA) is 117 Å². The molecule has 1 aliphatic rings. The first kappa shape index (κ1) is 14.1. The number of phenols is 2. The van der Waals surface area contributed by atoms with Gasteiger partial charge >= 0.3 is 0 Å². The van der Waals surface area contributed by atoms with E-state index in [-0.39, 0.29) is 28.7 Å². The van der Waals surface area contributed by atoms with Gasteiger partial charge in [-0.05, 0) is 17.7 Å². The highest BCUT2D eigenvalue weighted by molar-refractivity contribution is 6.26. The molecule has 4 rings (SSSR count). The molecule has 2 aromatic heterocycles. The Bertz CT molecular complexity index is 943. The summed E-state index contributed by atoms with van der Waals surface area (Å²) in [5.41, 5.74) is 0.139. The van der Waals surface area contributed by atoms with Gasteiger partial charge in [0.1, 0.15) is 22.2 Å². The second kappa shape index (κ2) is 4.98. The van der Waals surface area contributed by atoms with Crippen LogP contribution in [0.25, 0.3) is 11.0 Å². The number of carbonyl (C=O) groups excluding carboxylic acids is 2. The van der Waals surface area contributed by atoms with E-state index in [0.717, 1.165) is 4.90 Å². The van der Waals surface area contributed by atoms with Crippen molar-refractivity contribution >= 4 is 22.8 Å². The molecule has 3 heterocycles. The third-order valence-electron chi connectivity index (χ3n) is 3.88. The molecule has 0 atom stereocenters. The van der Waals surface area contributed by atoms with E-state index < -0.39 is 23.3 Å². The Hall–Kier alpha value is -3.55. The minimum absolute atomic E-state index is 0.00491. The molecule has 3 aromatic rings. The first-order chi connectivity index (χ1) is 11.6. The summed E-state index contributed by atoms with van der Waals surface area (Å²) >= 11 is 0. The van der Waals surface area contributed by atoms with Crippen LogP contribution in [0.4, 0.5) is 0 Å². The molecule has 8 nitrogen and oxygen atoms in total. The predicted molar refractivity (Wildman–Crippen MR) is 81.3 cm³/mol. The number of pyridine rings is 1. The van der Waals surface area contributed by atoms with Gasteiger partial charge in [-0.1, -0.05) is 0 Å². The summed E-state index contributed by atoms with van der Waals surface area (Å²) < 4.78 is 0. The van der Waals surface area contributed by atoms with Crippen LogP contribution in [-0.2, 0) is 6.54 Å². The van der Waals surface area contributed by atoms with Crippen LogP contribution in [0.5, 0.6) is 11.5 Å². The number of aromatic nitrogens is 3. The molecule has 0 saturated carbocycles. The fraction of sp³-hybridized carbons (Fsp3) is 0.0625. The molecule has 8 heteroatoms. The van der Waals surface area contributed by atoms with Crippen LogP contribution in [0.2, 0.25) is 0 Å². The number of nitrogens with zero attached hydrogens (tertiary/aromatic N) is 4. The third-order valence-corrected chi connectivity index (χ3v) is 3.88. The summed E-state index contributed by atoms with van der Waals surface area (Å²) in [6, 6.07) is 3.34. The lowest BCUT2D eigenvalue weighted by Crippen LogP contribution is -2.29. The molecule has 0 fully saturated rings. The molecule has 2 N–H and O–H groups in total. The van der Waals surface area contributed by atoms with Crippen molar-refractivity contribution in [1.29, 1.82) is 0 Å². The molecule has 1 aliphatic heterocycles. The van der Waals surface area contributed by atoms with Crippen molar-refractivity contribution in [2.24, 2.45) is 0 Å². The fourth-order valence-corrected chi connectivity index (χ4v) is 2.75. The van der Waals surface area contributed by atoms with Crippen molar-refractivity contribution in [3.05, 3.63) is 53.6 Å². The second-order valence-corrected chi connectivity index (χ2v) is 5.25. The summed E-state index contributed by atoms with van der Waals surface area (Å²) in [5, 5.41) is 20.7. The van der Waals surface area contributed by atoms with Crippen LogP contribution in [-0.4, -0.2) is 41.9 Å². The first-order valence-electron chi connectivity index (χ1n) is 7.03. The lowest BCUT2D eigenvalue weighted by atomic mass is 10.1. The van der Waals surface area contributed by atoms with Gasteiger partial charge in [0, 0.05) is 24.8 Å². The SMILES string of the molecule is O=C1c2c(c(O)c3nccnc3c2O)C(=O)N1Cc1ccncc1. The van der Waals surface area contributed by atoms with Crippen LogP contribution in [0, 0.1) is 0 Å². The van der Waals surface area contributed by atoms with Crippen LogP contribution >= 0.6 is 0 Å². The number of imide groups is 1. The van der Waals surface area contributed by atoms with E-state index in [2.05, 4.69) is 15.0 Å². The molecule has 0 spiro atoms. The first-order valence-corrected chi connectivity index (χ1v) is 7.03. The van der Waals surface area contributed by atoms with Crippen LogP contribution in [0.15, 0.2) is 36.9 Å². The minimum atomic E-state index is -0.688. The number of rotatable bonds is 2. The molecule has 24 heavy (non-hydrogen) atoms. The lowest BCUT2D eigenvalue weighted by Gasteiger charge is -2.13. The van der Waals surface area contributed by atoms with Gasteiger partial charge in [-0.15, -0.1) is 0 Å². The van der Waals surface area contributed by atoms with E-state index in [4.69, 9.17) is 0 Å². The van der Waals surface area contributed by atoms with Gasteiger partial charge < -0.3 is 10.2 Å². The summed E-state index contributed by atoms with van der Waals surface area (Å²) in [6.45, 7) is 0.00491. The molecular weight excluding hydrogens is 312 g/mol. The zero-order valence-electron chi connectivity index (χ0n) is 12.2. The lowest BCUT2D eigenvalue weighted by molar-refractivity contribution is 0.0641. The van der Waals surface area contributed by atoms with E-state index in [1.54, 1.807) is 24.5 Å². The van der Waals surface area contributed by atoms with Gasteiger partial charge in [-0.3, -0.25) is 19.5 Å². The van der Waals surface area contributed by atoms with Gasteiger partial charge in [0.25, 0.3) is 11.8 Å². The Morgan fingerprint density at radius 1 is 0.833 bits per heavy atom. The number of benzene rings is 1. The number of carbonyl (C=O) groups is 2. The fourth-order valence-electron chi connectivity index (χ4n) is 2.75. The molecule has 2 amide bonds. The molecule has 0 aliphatic carbocycles. The van der Waals surface area contributed by atoms with Crippen LogP contribution in [0.1, 0.15) is 26.3 Å². The molecular formula is C16H10N4O4. The Morgan fingerprint density at radius 3 is 1.83 bits per heavy atom. The maximum atomic E-state index is 12.6. The average Bonchev–Trinajstić information content (AvgIpc) is 2.86. The number of hydrogen-bond donors (Lipinski definition) is 2. The number of fused-ring (bicyclic) bond motifs is 2. The zero-order valence-corrected chi connectivity index (χ0v) is 12.2. The maximum absolute atomic E-state index is 12.6. The van der Waals surface area contributed by atoms with E-state index in [1.165, 1.54) is 12.4 Å². The van der Waals surface area contributed by atoms with E-state index in [0.29, 0.717) is 5.56 Å². The number of phenolic OH excluding ortho intramolecular Hbond substituents is 2. The smallest absolute Gasteiger partial charge is 0.265 e. The van der Waals surface area contributed by atoms with E-state index in [1.807, 2.05) is 0 Å². The second-order valence-electron chi connectivity index (χ2n) is 5.25. The maximum Gasteiger partial charge on any atom is 0.265 e. The van der Waals surface area contributed by atoms with Crippen molar-refractivity contribution in [3.8, 4) is 11.5 Å². The minimum Gasteiger partial charge on any atom is -0.505 e. The monoisotopic (exact) mass is 322 g/mol. The van der Waals surface area contributed by atoms with E-state index >= 15 is 0 Å². The van der Waals surface area contributed by atoms with Crippen molar-refractivity contribution < 1.29 is 19.8 Å². The van der Waals surface area contributed by atoms with Gasteiger partial charge in [0.05, 0.1) is 6.54 Å². The molecule has 0 unspecified atom stereocenters. The molecule has 118 valence electrons. The Morgan fingerprint density at radius 2 is 1.33 bits per heavy atom. The molecule has 0 saturated heterocycles. The molecule has 0 bridgehead atoms. The quantitative estimate of drug-likeness (QED) is 0.538. The number of aromatic hydroxyl groups is 2. The van der Waals surface area contributed by atoms with E-state index in [9.17, 15) is 19.8 Å². The molecule has 0 radical (unpaired) electrons. The van der Waals surface area contributed by atoms with Crippen molar-refractivity contribution in [3.63, 3.8) is 0 Å². The Kier molecular flexibility index (Phi) is 2.92. The predicted octanol–water partition coefficient (Wildman–Crippen LogP) is 1.23. The van der Waals surface area contributed by atoms with Crippen molar-refractivity contribution in [2.45, 2.75) is 6.54 Å². The van der Waals surface area contributed by atoms with Crippen LogP contribution < -0.4 is 0 Å². The van der Waals surface area contributed by atoms with Crippen molar-refractivity contribution in [1.82, 2.24) is 19.9 Å². The standard InChI is InChI=1S/C16H10N4O4/c21-13-9-10(14(22)12-11(13)18-5-6-19-12)16(24)20(15(9)23)7-8-1-3-17-4-2-8/h1-6,21-22H,7H2. The van der Waals surface area contributed by atoms with Gasteiger partial charge in [-0.2, -0.15) is 0 Å². The Balaban J connectivity index is 1.88. The van der Waals surface area contributed by atoms with Gasteiger partial charge in [0.2, 0.25) is 0 Å². The normalized spacial score (nSPS) is 13.6. The molecule has 1 aromatic carbocycles. The number of amides is 2. The van der Waals surface area contributed by atoms with Gasteiger partial charge in [-0.25, -0.2) is 9.97 Å². The highest BCUT2D eigenvalue weighted by atomic mass is 16.3. The third kappa shape index (κ3) is 1.83. The van der Waals surface area contributed by atoms with Crippen molar-refractivity contribution in [2.75, 3.05) is 0 Å². The summed E-state index contributed by atoms with van der Waals surface area (Å²) in [6.07, 6.45) is 5.74.